The van der Waals surface area contributed by atoms with E-state index >= 15 is 0 Å². The summed E-state index contributed by atoms with van der Waals surface area (Å²) < 4.78 is 11.1. The molecule has 0 bridgehead atoms. The third kappa shape index (κ3) is 4.43. The summed E-state index contributed by atoms with van der Waals surface area (Å²) in [4.78, 5) is 0. The van der Waals surface area contributed by atoms with E-state index in [1.807, 2.05) is 0 Å². The molecule has 78 valence electrons. The van der Waals surface area contributed by atoms with E-state index in [9.17, 15) is 0 Å². The molecule has 0 atom stereocenters. The molecular weight excluding hydrogens is 232 g/mol. The predicted molar refractivity (Wildman–Crippen MR) is 57.4 cm³/mol. The van der Waals surface area contributed by atoms with Crippen molar-refractivity contribution in [2.75, 3.05) is 25.2 Å². The highest BCUT2D eigenvalue weighted by Gasteiger charge is 2.20. The van der Waals surface area contributed by atoms with Gasteiger partial charge in [-0.2, -0.15) is 0 Å². The molecule has 1 saturated heterocycles. The molecule has 3 heteroatoms. The second-order valence-corrected chi connectivity index (χ2v) is 4.82. The lowest BCUT2D eigenvalue weighted by atomic mass is 10.0. The van der Waals surface area contributed by atoms with Gasteiger partial charge in [-0.25, -0.2) is 0 Å². The molecular formula is C10H19BrO2. The summed E-state index contributed by atoms with van der Waals surface area (Å²) in [5.41, 5.74) is -0.0295. The van der Waals surface area contributed by atoms with Gasteiger partial charge in [-0.05, 0) is 32.6 Å². The fourth-order valence-electron chi connectivity index (χ4n) is 1.30. The van der Waals surface area contributed by atoms with Crippen LogP contribution in [0.25, 0.3) is 0 Å². The molecule has 0 aromatic heterocycles. The second-order valence-electron chi connectivity index (χ2n) is 4.26. The Kier molecular flexibility index (Phi) is 4.70. The molecule has 0 unspecified atom stereocenters. The summed E-state index contributed by atoms with van der Waals surface area (Å²) >= 11 is 3.45. The molecule has 1 aliphatic rings. The maximum atomic E-state index is 5.82. The van der Waals surface area contributed by atoms with Crippen LogP contribution in [0, 0.1) is 5.92 Å². The standard InChI is InChI=1S/C10H19BrO2/c1-10(2,8-11)13-7-9-3-5-12-6-4-9/h9H,3-8H2,1-2H3. The zero-order valence-electron chi connectivity index (χ0n) is 8.51. The minimum Gasteiger partial charge on any atom is -0.381 e. The topological polar surface area (TPSA) is 18.5 Å². The molecule has 0 radical (unpaired) electrons. The number of hydrogen-bond donors (Lipinski definition) is 0. The van der Waals surface area contributed by atoms with E-state index in [4.69, 9.17) is 9.47 Å². The minimum atomic E-state index is -0.0295. The smallest absolute Gasteiger partial charge is 0.0723 e. The van der Waals surface area contributed by atoms with Crippen molar-refractivity contribution < 1.29 is 9.47 Å². The van der Waals surface area contributed by atoms with Gasteiger partial charge in [-0.1, -0.05) is 15.9 Å². The Morgan fingerprint density at radius 2 is 2.00 bits per heavy atom. The molecule has 2 nitrogen and oxygen atoms in total. The maximum absolute atomic E-state index is 5.82. The molecule has 0 aliphatic carbocycles. The van der Waals surface area contributed by atoms with E-state index in [2.05, 4.69) is 29.8 Å². The Hall–Kier alpha value is 0.400. The van der Waals surface area contributed by atoms with Gasteiger partial charge in [0.1, 0.15) is 0 Å². The molecule has 13 heavy (non-hydrogen) atoms. The van der Waals surface area contributed by atoms with Gasteiger partial charge in [-0.3, -0.25) is 0 Å². The van der Waals surface area contributed by atoms with Crippen molar-refractivity contribution in [3.63, 3.8) is 0 Å². The van der Waals surface area contributed by atoms with Crippen molar-refractivity contribution in [2.24, 2.45) is 5.92 Å². The van der Waals surface area contributed by atoms with Crippen molar-refractivity contribution in [3.8, 4) is 0 Å². The molecule has 1 aliphatic heterocycles. The highest BCUT2D eigenvalue weighted by molar-refractivity contribution is 9.09. The zero-order valence-corrected chi connectivity index (χ0v) is 10.1. The van der Waals surface area contributed by atoms with Crippen molar-refractivity contribution in [1.82, 2.24) is 0 Å². The Morgan fingerprint density at radius 1 is 1.38 bits per heavy atom. The summed E-state index contributed by atoms with van der Waals surface area (Å²) in [5, 5.41) is 0.892. The lowest BCUT2D eigenvalue weighted by Crippen LogP contribution is -2.30. The van der Waals surface area contributed by atoms with Gasteiger partial charge >= 0.3 is 0 Å². The average Bonchev–Trinajstić information content (AvgIpc) is 2.17. The molecule has 0 amide bonds. The summed E-state index contributed by atoms with van der Waals surface area (Å²) in [6.45, 7) is 6.91. The quantitative estimate of drug-likeness (QED) is 0.715. The lowest BCUT2D eigenvalue weighted by Gasteiger charge is -2.28. The summed E-state index contributed by atoms with van der Waals surface area (Å²) in [7, 11) is 0. The minimum absolute atomic E-state index is 0.0295. The van der Waals surface area contributed by atoms with Crippen LogP contribution < -0.4 is 0 Å². The highest BCUT2D eigenvalue weighted by atomic mass is 79.9. The van der Waals surface area contributed by atoms with E-state index in [0.29, 0.717) is 5.92 Å². The third-order valence-electron chi connectivity index (χ3n) is 2.37. The van der Waals surface area contributed by atoms with Crippen LogP contribution in [-0.4, -0.2) is 30.8 Å². The van der Waals surface area contributed by atoms with Crippen LogP contribution >= 0.6 is 15.9 Å². The zero-order chi connectivity index (χ0) is 9.73. The number of hydrogen-bond acceptors (Lipinski definition) is 2. The van der Waals surface area contributed by atoms with Crippen LogP contribution in [0.3, 0.4) is 0 Å². The summed E-state index contributed by atoms with van der Waals surface area (Å²) in [6, 6.07) is 0. The molecule has 1 heterocycles. The predicted octanol–water partition coefficient (Wildman–Crippen LogP) is 2.60. The fraction of sp³-hybridized carbons (Fsp3) is 1.00. The van der Waals surface area contributed by atoms with Gasteiger partial charge in [-0.15, -0.1) is 0 Å². The molecule has 0 aromatic rings. The van der Waals surface area contributed by atoms with Crippen LogP contribution in [0.15, 0.2) is 0 Å². The first-order valence-corrected chi connectivity index (χ1v) is 6.04. The van der Waals surface area contributed by atoms with Crippen LogP contribution in [0.4, 0.5) is 0 Å². The van der Waals surface area contributed by atoms with Gasteiger partial charge in [0.25, 0.3) is 0 Å². The Morgan fingerprint density at radius 3 is 2.54 bits per heavy atom. The van der Waals surface area contributed by atoms with Crippen LogP contribution in [0.2, 0.25) is 0 Å². The Labute approximate surface area is 89.1 Å². The average molecular weight is 251 g/mol. The van der Waals surface area contributed by atoms with Crippen molar-refractivity contribution in [2.45, 2.75) is 32.3 Å². The second kappa shape index (κ2) is 5.32. The van der Waals surface area contributed by atoms with Crippen molar-refractivity contribution >= 4 is 15.9 Å². The van der Waals surface area contributed by atoms with Crippen LogP contribution in [0.5, 0.6) is 0 Å². The van der Waals surface area contributed by atoms with Gasteiger partial charge < -0.3 is 9.47 Å². The molecule has 1 fully saturated rings. The Balaban J connectivity index is 2.17. The third-order valence-corrected chi connectivity index (χ3v) is 3.72. The van der Waals surface area contributed by atoms with E-state index < -0.39 is 0 Å². The molecule has 0 N–H and O–H groups in total. The molecule has 1 rings (SSSR count). The summed E-state index contributed by atoms with van der Waals surface area (Å²) in [6.07, 6.45) is 2.30. The van der Waals surface area contributed by atoms with Gasteiger partial charge in [0, 0.05) is 18.5 Å². The van der Waals surface area contributed by atoms with Crippen LogP contribution in [0.1, 0.15) is 26.7 Å². The number of rotatable bonds is 4. The van der Waals surface area contributed by atoms with E-state index in [1.54, 1.807) is 0 Å². The lowest BCUT2D eigenvalue weighted by molar-refractivity contribution is -0.0420. The molecule has 0 saturated carbocycles. The van der Waals surface area contributed by atoms with E-state index in [0.717, 1.165) is 38.0 Å². The monoisotopic (exact) mass is 250 g/mol. The number of alkyl halides is 1. The van der Waals surface area contributed by atoms with Crippen LogP contribution in [-0.2, 0) is 9.47 Å². The van der Waals surface area contributed by atoms with E-state index in [1.165, 1.54) is 0 Å². The number of halogens is 1. The van der Waals surface area contributed by atoms with Crippen molar-refractivity contribution in [3.05, 3.63) is 0 Å². The molecule has 0 aromatic carbocycles. The highest BCUT2D eigenvalue weighted by Crippen LogP contribution is 2.19. The molecule has 0 spiro atoms. The van der Waals surface area contributed by atoms with Gasteiger partial charge in [0.2, 0.25) is 0 Å². The first-order chi connectivity index (χ1) is 6.14. The fourth-order valence-corrected chi connectivity index (χ4v) is 1.46. The first kappa shape index (κ1) is 11.5. The normalized spacial score (nSPS) is 20.5. The maximum Gasteiger partial charge on any atom is 0.0723 e. The summed E-state index contributed by atoms with van der Waals surface area (Å²) in [5.74, 6) is 0.701. The largest absolute Gasteiger partial charge is 0.381 e. The number of ether oxygens (including phenoxy) is 2. The van der Waals surface area contributed by atoms with Crippen molar-refractivity contribution in [1.29, 1.82) is 0 Å². The van der Waals surface area contributed by atoms with Gasteiger partial charge in [0.15, 0.2) is 0 Å². The Bertz CT molecular complexity index is 142. The van der Waals surface area contributed by atoms with E-state index in [-0.39, 0.29) is 5.60 Å². The SMILES string of the molecule is CC(C)(CBr)OCC1CCOCC1. The first-order valence-electron chi connectivity index (χ1n) is 4.92. The van der Waals surface area contributed by atoms with Gasteiger partial charge in [0.05, 0.1) is 12.2 Å².